The second-order valence-electron chi connectivity index (χ2n) is 9.15. The molecular weight excluding hydrogens is 320 g/mol. The van der Waals surface area contributed by atoms with E-state index in [-0.39, 0.29) is 10.8 Å². The molecule has 3 rings (SSSR count). The molecule has 0 spiro atoms. The van der Waals surface area contributed by atoms with Crippen molar-refractivity contribution in [1.82, 2.24) is 0 Å². The predicted molar refractivity (Wildman–Crippen MR) is 110 cm³/mol. The zero-order valence-corrected chi connectivity index (χ0v) is 17.1. The third-order valence-corrected chi connectivity index (χ3v) is 6.95. The molecular formula is C23H36N2O. The van der Waals surface area contributed by atoms with Crippen molar-refractivity contribution in [2.45, 2.75) is 77.6 Å². The molecule has 1 fully saturated rings. The van der Waals surface area contributed by atoms with Gasteiger partial charge >= 0.3 is 0 Å². The summed E-state index contributed by atoms with van der Waals surface area (Å²) in [4.78, 5) is 5.46. The lowest BCUT2D eigenvalue weighted by molar-refractivity contribution is 0.0742. The molecule has 0 radical (unpaired) electrons. The molecule has 0 aliphatic heterocycles. The van der Waals surface area contributed by atoms with Crippen molar-refractivity contribution in [3.8, 4) is 0 Å². The van der Waals surface area contributed by atoms with Crippen molar-refractivity contribution in [1.29, 1.82) is 0 Å². The van der Waals surface area contributed by atoms with E-state index in [2.05, 4.69) is 57.3 Å². The summed E-state index contributed by atoms with van der Waals surface area (Å²) < 4.78 is 0. The molecule has 0 heterocycles. The van der Waals surface area contributed by atoms with Gasteiger partial charge in [-0.1, -0.05) is 57.5 Å². The number of oxime groups is 1. The van der Waals surface area contributed by atoms with Gasteiger partial charge in [-0.3, -0.25) is 0 Å². The highest BCUT2D eigenvalue weighted by Gasteiger charge is 2.51. The fraction of sp³-hybridized carbons (Fsp3) is 0.696. The number of hydrogen-bond acceptors (Lipinski definition) is 3. The second kappa shape index (κ2) is 7.72. The molecule has 3 atom stereocenters. The molecule has 2 aliphatic carbocycles. The van der Waals surface area contributed by atoms with Crippen LogP contribution in [0.15, 0.2) is 23.4 Å². The van der Waals surface area contributed by atoms with Gasteiger partial charge < -0.3 is 10.6 Å². The van der Waals surface area contributed by atoms with E-state index >= 15 is 0 Å². The molecule has 0 amide bonds. The molecule has 1 saturated carbocycles. The average molecular weight is 357 g/mol. The molecule has 1 aromatic carbocycles. The Hall–Kier alpha value is -1.35. The van der Waals surface area contributed by atoms with Gasteiger partial charge in [-0.05, 0) is 72.6 Å². The smallest absolute Gasteiger partial charge is 0.118 e. The first kappa shape index (κ1) is 19.4. The van der Waals surface area contributed by atoms with E-state index in [1.807, 2.05) is 0 Å². The number of hydrogen-bond donors (Lipinski definition) is 1. The van der Waals surface area contributed by atoms with Crippen molar-refractivity contribution < 1.29 is 4.84 Å². The monoisotopic (exact) mass is 356 g/mol. The van der Waals surface area contributed by atoms with Gasteiger partial charge in [-0.2, -0.15) is 0 Å². The molecule has 0 aromatic heterocycles. The fourth-order valence-corrected chi connectivity index (χ4v) is 5.43. The highest BCUT2D eigenvalue weighted by molar-refractivity contribution is 5.66. The van der Waals surface area contributed by atoms with Gasteiger partial charge in [-0.15, -0.1) is 0 Å². The standard InChI is InChI=1S/C23H36N2O/c1-17(2)18-7-9-20-19(15-18)8-10-21-22(3,11-5-12-23(20,21)4)16-25-26-14-6-13-24/h7,9,15-17,21H,5-6,8,10-14,24H2,1-4H3/b25-16+/t21?,22-,23-/m1/s1. The van der Waals surface area contributed by atoms with Crippen LogP contribution in [0.1, 0.15) is 82.4 Å². The van der Waals surface area contributed by atoms with Gasteiger partial charge in [0.25, 0.3) is 0 Å². The zero-order valence-electron chi connectivity index (χ0n) is 17.1. The van der Waals surface area contributed by atoms with Crippen LogP contribution in [0.5, 0.6) is 0 Å². The summed E-state index contributed by atoms with van der Waals surface area (Å²) in [6, 6.07) is 7.25. The maximum atomic E-state index is 5.53. The Morgan fingerprint density at radius 1 is 1.31 bits per heavy atom. The van der Waals surface area contributed by atoms with Crippen molar-refractivity contribution in [2.75, 3.05) is 13.2 Å². The van der Waals surface area contributed by atoms with Crippen LogP contribution in [0.3, 0.4) is 0 Å². The molecule has 2 N–H and O–H groups in total. The minimum absolute atomic E-state index is 0.115. The van der Waals surface area contributed by atoms with Crippen LogP contribution in [-0.4, -0.2) is 19.4 Å². The van der Waals surface area contributed by atoms with Gasteiger partial charge in [-0.25, -0.2) is 0 Å². The van der Waals surface area contributed by atoms with Crippen LogP contribution in [0.2, 0.25) is 0 Å². The summed E-state index contributed by atoms with van der Waals surface area (Å²) >= 11 is 0. The van der Waals surface area contributed by atoms with E-state index < -0.39 is 0 Å². The second-order valence-corrected chi connectivity index (χ2v) is 9.15. The number of fused-ring (bicyclic) bond motifs is 3. The third kappa shape index (κ3) is 3.55. The minimum Gasteiger partial charge on any atom is -0.396 e. The first-order chi connectivity index (χ1) is 12.4. The highest BCUT2D eigenvalue weighted by Crippen LogP contribution is 2.56. The largest absolute Gasteiger partial charge is 0.396 e. The Morgan fingerprint density at radius 3 is 2.85 bits per heavy atom. The third-order valence-electron chi connectivity index (χ3n) is 6.95. The van der Waals surface area contributed by atoms with Gasteiger partial charge in [0.1, 0.15) is 6.61 Å². The molecule has 1 aromatic rings. The molecule has 3 nitrogen and oxygen atoms in total. The minimum atomic E-state index is 0.115. The highest BCUT2D eigenvalue weighted by atomic mass is 16.6. The fourth-order valence-electron chi connectivity index (χ4n) is 5.43. The van der Waals surface area contributed by atoms with E-state index in [4.69, 9.17) is 10.6 Å². The lowest BCUT2D eigenvalue weighted by Gasteiger charge is -2.54. The van der Waals surface area contributed by atoms with E-state index in [0.29, 0.717) is 25.0 Å². The summed E-state index contributed by atoms with van der Waals surface area (Å²) in [5.74, 6) is 1.23. The molecule has 2 aliphatic rings. The quantitative estimate of drug-likeness (QED) is 0.434. The lowest BCUT2D eigenvalue weighted by atomic mass is 9.50. The maximum absolute atomic E-state index is 5.53. The Labute approximate surface area is 159 Å². The Balaban J connectivity index is 1.85. The number of nitrogens with zero attached hydrogens (tertiary/aromatic N) is 1. The van der Waals surface area contributed by atoms with Crippen molar-refractivity contribution in [3.05, 3.63) is 34.9 Å². The predicted octanol–water partition coefficient (Wildman–Crippen LogP) is 5.17. The molecule has 26 heavy (non-hydrogen) atoms. The van der Waals surface area contributed by atoms with Crippen LogP contribution < -0.4 is 5.73 Å². The summed E-state index contributed by atoms with van der Waals surface area (Å²) in [6.07, 6.45) is 9.15. The maximum Gasteiger partial charge on any atom is 0.118 e. The number of rotatable bonds is 6. The Kier molecular flexibility index (Phi) is 5.76. The lowest BCUT2D eigenvalue weighted by Crippen LogP contribution is -2.49. The van der Waals surface area contributed by atoms with E-state index in [1.165, 1.54) is 37.7 Å². The van der Waals surface area contributed by atoms with Crippen LogP contribution >= 0.6 is 0 Å². The number of nitrogens with two attached hydrogens (primary N) is 1. The molecule has 1 unspecified atom stereocenters. The van der Waals surface area contributed by atoms with Crippen LogP contribution in [-0.2, 0) is 16.7 Å². The first-order valence-corrected chi connectivity index (χ1v) is 10.4. The Morgan fingerprint density at radius 2 is 2.12 bits per heavy atom. The Bertz CT molecular complexity index is 654. The topological polar surface area (TPSA) is 47.6 Å². The SMILES string of the molecule is CC(C)c1ccc2c(c1)CCC1[C@@](C)(/C=N/OCCCN)CCC[C@]21C. The molecule has 0 bridgehead atoms. The summed E-state index contributed by atoms with van der Waals surface area (Å²) in [7, 11) is 0. The first-order valence-electron chi connectivity index (χ1n) is 10.4. The van der Waals surface area contributed by atoms with Gasteiger partial charge in [0, 0.05) is 11.6 Å². The average Bonchev–Trinajstić information content (AvgIpc) is 2.61. The summed E-state index contributed by atoms with van der Waals surface area (Å²) in [6.45, 7) is 10.7. The molecule has 0 saturated heterocycles. The summed E-state index contributed by atoms with van der Waals surface area (Å²) in [5.41, 5.74) is 10.5. The van der Waals surface area contributed by atoms with E-state index in [1.54, 1.807) is 11.1 Å². The van der Waals surface area contributed by atoms with Crippen LogP contribution in [0.4, 0.5) is 0 Å². The normalized spacial score (nSPS) is 31.1. The molecule has 144 valence electrons. The zero-order chi connectivity index (χ0) is 18.8. The van der Waals surface area contributed by atoms with Crippen LogP contribution in [0.25, 0.3) is 0 Å². The van der Waals surface area contributed by atoms with Gasteiger partial charge in [0.2, 0.25) is 0 Å². The van der Waals surface area contributed by atoms with Crippen molar-refractivity contribution >= 4 is 6.21 Å². The van der Waals surface area contributed by atoms with Crippen molar-refractivity contribution in [2.24, 2.45) is 22.2 Å². The van der Waals surface area contributed by atoms with Gasteiger partial charge in [0.05, 0.1) is 0 Å². The number of benzene rings is 1. The summed E-state index contributed by atoms with van der Waals surface area (Å²) in [5, 5.41) is 4.34. The van der Waals surface area contributed by atoms with E-state index in [9.17, 15) is 0 Å². The van der Waals surface area contributed by atoms with Gasteiger partial charge in [0.15, 0.2) is 0 Å². The number of aryl methyl sites for hydroxylation is 1. The van der Waals surface area contributed by atoms with E-state index in [0.717, 1.165) is 6.42 Å². The molecule has 3 heteroatoms. The van der Waals surface area contributed by atoms with Crippen molar-refractivity contribution in [3.63, 3.8) is 0 Å². The van der Waals surface area contributed by atoms with Crippen LogP contribution in [0, 0.1) is 11.3 Å².